The Morgan fingerprint density at radius 2 is 1.68 bits per heavy atom. The van der Waals surface area contributed by atoms with E-state index in [1.165, 1.54) is 12.1 Å². The monoisotopic (exact) mass is 356 g/mol. The van der Waals surface area contributed by atoms with Crippen molar-refractivity contribution in [3.05, 3.63) is 63.1 Å². The van der Waals surface area contributed by atoms with Crippen molar-refractivity contribution in [3.8, 4) is 5.75 Å². The smallest absolute Gasteiger partial charge is 0.322 e. The Morgan fingerprint density at radius 3 is 2.23 bits per heavy atom. The second-order valence-electron chi connectivity index (χ2n) is 4.55. The van der Waals surface area contributed by atoms with Crippen molar-refractivity contribution < 1.29 is 14.3 Å². The summed E-state index contributed by atoms with van der Waals surface area (Å²) in [7, 11) is 0. The molecule has 0 bridgehead atoms. The molecule has 0 saturated carbocycles. The summed E-state index contributed by atoms with van der Waals surface area (Å²) in [5, 5.41) is 0.538. The Kier molecular flexibility index (Phi) is 5.83. The number of hydrogen-bond donors (Lipinski definition) is 0. The first-order valence-electron chi connectivity index (χ1n) is 6.36. The molecule has 0 spiro atoms. The Morgan fingerprint density at radius 1 is 1.09 bits per heavy atom. The van der Waals surface area contributed by atoms with Gasteiger partial charge in [-0.3, -0.25) is 4.79 Å². The fourth-order valence-corrected chi connectivity index (χ4v) is 2.75. The summed E-state index contributed by atoms with van der Waals surface area (Å²) in [5.74, 6) is -1.66. The van der Waals surface area contributed by atoms with Gasteiger partial charge in [0.15, 0.2) is 5.75 Å². The minimum absolute atomic E-state index is 0.00218. The second-order valence-corrected chi connectivity index (χ2v) is 5.80. The number of hydrogen-bond acceptors (Lipinski definition) is 3. The molecule has 0 aliphatic heterocycles. The number of carbonyl (C=O) groups excluding carboxylic acids is 2. The van der Waals surface area contributed by atoms with Gasteiger partial charge in [0.25, 0.3) is 0 Å². The van der Waals surface area contributed by atoms with Crippen LogP contribution < -0.4 is 4.74 Å². The highest BCUT2D eigenvalue weighted by Crippen LogP contribution is 2.36. The summed E-state index contributed by atoms with van der Waals surface area (Å²) >= 11 is 17.7. The average molecular weight is 358 g/mol. The molecule has 0 N–H and O–H groups in total. The lowest BCUT2D eigenvalue weighted by Gasteiger charge is -2.12. The number of esters is 1. The van der Waals surface area contributed by atoms with Crippen molar-refractivity contribution in [1.82, 2.24) is 0 Å². The Balaban J connectivity index is 2.15. The van der Waals surface area contributed by atoms with E-state index >= 15 is 0 Å². The quantitative estimate of drug-likeness (QED) is 0.340. The van der Waals surface area contributed by atoms with Gasteiger partial charge in [-0.25, -0.2) is 0 Å². The molecule has 2 rings (SSSR count). The summed E-state index contributed by atoms with van der Waals surface area (Å²) in [4.78, 5) is 23.3. The normalized spacial score (nSPS) is 11.8. The predicted molar refractivity (Wildman–Crippen MR) is 86.8 cm³/mol. The SMILES string of the molecule is O=CC(Cc1ccccc1)C(=O)Oc1c(Cl)cc(Cl)cc1Cl. The maximum atomic E-state index is 12.1. The Hall–Kier alpha value is -1.55. The summed E-state index contributed by atoms with van der Waals surface area (Å²) in [6.07, 6.45) is 0.791. The third-order valence-electron chi connectivity index (χ3n) is 2.93. The fourth-order valence-electron chi connectivity index (χ4n) is 1.86. The van der Waals surface area contributed by atoms with E-state index in [4.69, 9.17) is 39.5 Å². The largest absolute Gasteiger partial charge is 0.423 e. The van der Waals surface area contributed by atoms with E-state index in [2.05, 4.69) is 0 Å². The molecule has 3 nitrogen and oxygen atoms in total. The van der Waals surface area contributed by atoms with Crippen LogP contribution in [0.2, 0.25) is 15.1 Å². The summed E-state index contributed by atoms with van der Waals surface area (Å²) < 4.78 is 5.16. The van der Waals surface area contributed by atoms with Gasteiger partial charge in [0.05, 0.1) is 10.0 Å². The van der Waals surface area contributed by atoms with E-state index < -0.39 is 11.9 Å². The number of halogens is 3. The molecule has 0 saturated heterocycles. The van der Waals surface area contributed by atoms with Crippen molar-refractivity contribution in [2.75, 3.05) is 0 Å². The van der Waals surface area contributed by atoms with Gasteiger partial charge < -0.3 is 9.53 Å². The average Bonchev–Trinajstić information content (AvgIpc) is 2.49. The van der Waals surface area contributed by atoms with E-state index in [0.717, 1.165) is 5.56 Å². The maximum Gasteiger partial charge on any atom is 0.322 e. The zero-order chi connectivity index (χ0) is 16.1. The predicted octanol–water partition coefficient (Wildman–Crippen LogP) is 4.61. The van der Waals surface area contributed by atoms with Crippen molar-refractivity contribution >= 4 is 47.1 Å². The van der Waals surface area contributed by atoms with E-state index in [1.807, 2.05) is 30.3 Å². The summed E-state index contributed by atoms with van der Waals surface area (Å²) in [6, 6.07) is 12.0. The molecule has 0 heterocycles. The van der Waals surface area contributed by atoms with Gasteiger partial charge in [-0.1, -0.05) is 65.1 Å². The molecule has 22 heavy (non-hydrogen) atoms. The third-order valence-corrected chi connectivity index (χ3v) is 3.71. The van der Waals surface area contributed by atoms with Crippen LogP contribution >= 0.6 is 34.8 Å². The number of ether oxygens (including phenoxy) is 1. The first-order chi connectivity index (χ1) is 10.5. The van der Waals surface area contributed by atoms with E-state index in [-0.39, 0.29) is 22.2 Å². The number of rotatable bonds is 5. The molecule has 1 atom stereocenters. The minimum Gasteiger partial charge on any atom is -0.423 e. The highest BCUT2D eigenvalue weighted by atomic mass is 35.5. The zero-order valence-corrected chi connectivity index (χ0v) is 13.5. The Bertz CT molecular complexity index is 663. The van der Waals surface area contributed by atoms with Gasteiger partial charge in [-0.05, 0) is 24.1 Å². The van der Waals surface area contributed by atoms with Crippen LogP contribution in [-0.2, 0) is 16.0 Å². The molecule has 2 aromatic carbocycles. The van der Waals surface area contributed by atoms with Crippen LogP contribution in [0.3, 0.4) is 0 Å². The first kappa shape index (κ1) is 16.8. The molecular formula is C16H11Cl3O3. The number of benzene rings is 2. The minimum atomic E-state index is -0.940. The Labute approximate surface area is 142 Å². The van der Waals surface area contributed by atoms with Crippen LogP contribution in [0.1, 0.15) is 5.56 Å². The molecule has 0 aliphatic carbocycles. The molecule has 0 fully saturated rings. The molecule has 114 valence electrons. The van der Waals surface area contributed by atoms with Crippen LogP contribution in [-0.4, -0.2) is 12.3 Å². The maximum absolute atomic E-state index is 12.1. The standard InChI is InChI=1S/C16H11Cl3O3/c17-12-7-13(18)15(14(19)8-12)22-16(21)11(9-20)6-10-4-2-1-3-5-10/h1-5,7-9,11H,6H2. The van der Waals surface area contributed by atoms with Crippen molar-refractivity contribution in [2.24, 2.45) is 5.92 Å². The molecular weight excluding hydrogens is 347 g/mol. The van der Waals surface area contributed by atoms with E-state index in [1.54, 1.807) is 0 Å². The van der Waals surface area contributed by atoms with Crippen LogP contribution in [0.15, 0.2) is 42.5 Å². The van der Waals surface area contributed by atoms with E-state index in [0.29, 0.717) is 11.3 Å². The van der Waals surface area contributed by atoms with Crippen LogP contribution in [0, 0.1) is 5.92 Å². The summed E-state index contributed by atoms with van der Waals surface area (Å²) in [5.41, 5.74) is 0.852. The van der Waals surface area contributed by atoms with Gasteiger partial charge in [-0.15, -0.1) is 0 Å². The topological polar surface area (TPSA) is 43.4 Å². The number of carbonyl (C=O) groups is 2. The summed E-state index contributed by atoms with van der Waals surface area (Å²) in [6.45, 7) is 0. The third kappa shape index (κ3) is 4.23. The van der Waals surface area contributed by atoms with Crippen LogP contribution in [0.5, 0.6) is 5.75 Å². The molecule has 6 heteroatoms. The molecule has 0 aliphatic rings. The highest BCUT2D eigenvalue weighted by molar-refractivity contribution is 6.40. The lowest BCUT2D eigenvalue weighted by Crippen LogP contribution is -2.24. The van der Waals surface area contributed by atoms with Crippen LogP contribution in [0.25, 0.3) is 0 Å². The molecule has 1 unspecified atom stereocenters. The van der Waals surface area contributed by atoms with Crippen molar-refractivity contribution in [2.45, 2.75) is 6.42 Å². The molecule has 0 aromatic heterocycles. The van der Waals surface area contributed by atoms with Crippen LogP contribution in [0.4, 0.5) is 0 Å². The van der Waals surface area contributed by atoms with Gasteiger partial charge in [-0.2, -0.15) is 0 Å². The highest BCUT2D eigenvalue weighted by Gasteiger charge is 2.23. The molecule has 0 radical (unpaired) electrons. The first-order valence-corrected chi connectivity index (χ1v) is 7.50. The second kappa shape index (κ2) is 7.63. The fraction of sp³-hybridized carbons (Fsp3) is 0.125. The van der Waals surface area contributed by atoms with Crippen molar-refractivity contribution in [3.63, 3.8) is 0 Å². The lowest BCUT2D eigenvalue weighted by atomic mass is 10.0. The number of aldehydes is 1. The van der Waals surface area contributed by atoms with E-state index in [9.17, 15) is 9.59 Å². The van der Waals surface area contributed by atoms with Crippen molar-refractivity contribution in [1.29, 1.82) is 0 Å². The zero-order valence-electron chi connectivity index (χ0n) is 11.3. The molecule has 0 amide bonds. The van der Waals surface area contributed by atoms with Gasteiger partial charge in [0, 0.05) is 5.02 Å². The van der Waals surface area contributed by atoms with Gasteiger partial charge >= 0.3 is 5.97 Å². The lowest BCUT2D eigenvalue weighted by molar-refractivity contribution is -0.140. The van der Waals surface area contributed by atoms with Gasteiger partial charge in [0.2, 0.25) is 0 Å². The molecule has 2 aromatic rings. The van der Waals surface area contributed by atoms with Gasteiger partial charge in [0.1, 0.15) is 12.2 Å².